The Hall–Kier alpha value is -3.37. The van der Waals surface area contributed by atoms with Crippen LogP contribution in [-0.2, 0) is 17.6 Å². The standard InChI is InChI=1S/C23H20N4O4S2/c28-18(13-32-23-27-26-21(31-23)16-10-6-12-30-16)25-22-19(15-9-4-5-11-17(15)33-22)20(29)24-14-7-2-1-3-8-14/h1-3,6-8,10,12H,4-5,9,11,13H2,(H,24,29)(H,25,28). The van der Waals surface area contributed by atoms with E-state index in [0.717, 1.165) is 48.7 Å². The van der Waals surface area contributed by atoms with Crippen molar-refractivity contribution in [3.8, 4) is 11.7 Å². The molecule has 0 bridgehead atoms. The van der Waals surface area contributed by atoms with Crippen LogP contribution in [0.15, 0.2) is 62.8 Å². The first kappa shape index (κ1) is 21.5. The molecule has 4 aromatic rings. The van der Waals surface area contributed by atoms with Gasteiger partial charge in [-0.05, 0) is 55.5 Å². The molecule has 0 fully saturated rings. The lowest BCUT2D eigenvalue weighted by Crippen LogP contribution is -2.19. The third-order valence-electron chi connectivity index (χ3n) is 5.15. The summed E-state index contributed by atoms with van der Waals surface area (Å²) in [5.74, 6) is 0.349. The summed E-state index contributed by atoms with van der Waals surface area (Å²) in [6, 6.07) is 12.8. The summed E-state index contributed by atoms with van der Waals surface area (Å²) < 4.78 is 10.8. The van der Waals surface area contributed by atoms with Gasteiger partial charge in [0, 0.05) is 10.6 Å². The zero-order chi connectivity index (χ0) is 22.6. The summed E-state index contributed by atoms with van der Waals surface area (Å²) in [6.45, 7) is 0. The van der Waals surface area contributed by atoms with Crippen molar-refractivity contribution >= 4 is 45.6 Å². The Labute approximate surface area is 197 Å². The summed E-state index contributed by atoms with van der Waals surface area (Å²) in [4.78, 5) is 27.0. The van der Waals surface area contributed by atoms with Crippen molar-refractivity contribution in [3.05, 3.63) is 64.7 Å². The Balaban J connectivity index is 1.29. The molecule has 0 unspecified atom stereocenters. The van der Waals surface area contributed by atoms with Gasteiger partial charge in [0.25, 0.3) is 17.0 Å². The van der Waals surface area contributed by atoms with Crippen molar-refractivity contribution in [2.24, 2.45) is 0 Å². The minimum absolute atomic E-state index is 0.0715. The van der Waals surface area contributed by atoms with Crippen LogP contribution in [0, 0.1) is 0 Å². The highest BCUT2D eigenvalue weighted by molar-refractivity contribution is 7.99. The maximum absolute atomic E-state index is 13.1. The zero-order valence-electron chi connectivity index (χ0n) is 17.5. The lowest BCUT2D eigenvalue weighted by atomic mass is 9.95. The predicted octanol–water partition coefficient (Wildman–Crippen LogP) is 5.25. The van der Waals surface area contributed by atoms with Crippen molar-refractivity contribution in [2.45, 2.75) is 30.9 Å². The van der Waals surface area contributed by atoms with Gasteiger partial charge in [-0.2, -0.15) is 0 Å². The van der Waals surface area contributed by atoms with E-state index in [2.05, 4.69) is 20.8 Å². The third-order valence-corrected chi connectivity index (χ3v) is 7.17. The first-order valence-electron chi connectivity index (χ1n) is 10.5. The smallest absolute Gasteiger partial charge is 0.284 e. The van der Waals surface area contributed by atoms with Crippen LogP contribution in [0.4, 0.5) is 10.7 Å². The number of carbonyl (C=O) groups is 2. The van der Waals surface area contributed by atoms with Crippen molar-refractivity contribution in [3.63, 3.8) is 0 Å². The molecule has 0 atom stereocenters. The number of nitrogens with zero attached hydrogens (tertiary/aromatic N) is 2. The number of fused-ring (bicyclic) bond motifs is 1. The highest BCUT2D eigenvalue weighted by atomic mass is 32.2. The van der Waals surface area contributed by atoms with Crippen LogP contribution in [0.3, 0.4) is 0 Å². The van der Waals surface area contributed by atoms with Gasteiger partial charge in [-0.1, -0.05) is 30.0 Å². The molecule has 3 heterocycles. The maximum Gasteiger partial charge on any atom is 0.284 e. The summed E-state index contributed by atoms with van der Waals surface area (Å²) >= 11 is 2.62. The van der Waals surface area contributed by atoms with E-state index in [1.165, 1.54) is 22.5 Å². The molecule has 3 aromatic heterocycles. The van der Waals surface area contributed by atoms with Crippen LogP contribution in [0.5, 0.6) is 0 Å². The number of hydrogen-bond acceptors (Lipinski definition) is 8. The number of anilines is 2. The number of thiophene rings is 1. The van der Waals surface area contributed by atoms with Gasteiger partial charge in [0.15, 0.2) is 5.76 Å². The van der Waals surface area contributed by atoms with Crippen LogP contribution in [0.2, 0.25) is 0 Å². The van der Waals surface area contributed by atoms with E-state index in [1.54, 1.807) is 12.1 Å². The summed E-state index contributed by atoms with van der Waals surface area (Å²) in [6.07, 6.45) is 5.41. The second-order valence-corrected chi connectivity index (χ2v) is 9.45. The molecular formula is C23H20N4O4S2. The number of aryl methyl sites for hydroxylation is 1. The van der Waals surface area contributed by atoms with Crippen molar-refractivity contribution in [1.29, 1.82) is 0 Å². The average molecular weight is 481 g/mol. The largest absolute Gasteiger partial charge is 0.459 e. The van der Waals surface area contributed by atoms with Crippen LogP contribution in [0.25, 0.3) is 11.7 Å². The number of aromatic nitrogens is 2. The molecule has 0 spiro atoms. The molecule has 0 aliphatic heterocycles. The summed E-state index contributed by atoms with van der Waals surface area (Å²) in [7, 11) is 0. The van der Waals surface area contributed by atoms with Crippen LogP contribution in [-0.4, -0.2) is 27.8 Å². The normalized spacial score (nSPS) is 12.8. The fraction of sp³-hybridized carbons (Fsp3) is 0.217. The highest BCUT2D eigenvalue weighted by Gasteiger charge is 2.26. The van der Waals surface area contributed by atoms with Gasteiger partial charge in [0.2, 0.25) is 5.91 Å². The minimum Gasteiger partial charge on any atom is -0.459 e. The van der Waals surface area contributed by atoms with Crippen molar-refractivity contribution < 1.29 is 18.4 Å². The monoisotopic (exact) mass is 480 g/mol. The van der Waals surface area contributed by atoms with Crippen LogP contribution in [0.1, 0.15) is 33.6 Å². The molecule has 1 aromatic carbocycles. The number of nitrogens with one attached hydrogen (secondary N) is 2. The van der Waals surface area contributed by atoms with E-state index in [0.29, 0.717) is 16.3 Å². The molecule has 1 aliphatic carbocycles. The highest BCUT2D eigenvalue weighted by Crippen LogP contribution is 2.38. The Bertz CT molecular complexity index is 1270. The molecular weight excluding hydrogens is 460 g/mol. The number of hydrogen-bond donors (Lipinski definition) is 2. The summed E-state index contributed by atoms with van der Waals surface area (Å²) in [5.41, 5.74) is 2.33. The molecule has 8 nitrogen and oxygen atoms in total. The third kappa shape index (κ3) is 4.86. The fourth-order valence-corrected chi connectivity index (χ4v) is 5.53. The van der Waals surface area contributed by atoms with Gasteiger partial charge in [0.05, 0.1) is 17.6 Å². The second-order valence-electron chi connectivity index (χ2n) is 7.42. The van der Waals surface area contributed by atoms with E-state index in [-0.39, 0.29) is 28.7 Å². The molecule has 33 heavy (non-hydrogen) atoms. The van der Waals surface area contributed by atoms with Gasteiger partial charge in [0.1, 0.15) is 5.00 Å². The minimum atomic E-state index is -0.245. The average Bonchev–Trinajstić information content (AvgIpc) is 3.57. The predicted molar refractivity (Wildman–Crippen MR) is 127 cm³/mol. The molecule has 0 radical (unpaired) electrons. The van der Waals surface area contributed by atoms with Gasteiger partial charge in [-0.25, -0.2) is 0 Å². The topological polar surface area (TPSA) is 110 Å². The number of benzene rings is 1. The maximum atomic E-state index is 13.1. The molecule has 168 valence electrons. The molecule has 2 amide bonds. The van der Waals surface area contributed by atoms with Gasteiger partial charge < -0.3 is 19.5 Å². The van der Waals surface area contributed by atoms with Crippen molar-refractivity contribution in [2.75, 3.05) is 16.4 Å². The second kappa shape index (κ2) is 9.63. The van der Waals surface area contributed by atoms with Gasteiger partial charge in [-0.3, -0.25) is 9.59 Å². The first-order valence-corrected chi connectivity index (χ1v) is 12.3. The Morgan fingerprint density at radius 3 is 2.70 bits per heavy atom. The van der Waals surface area contributed by atoms with E-state index in [1.807, 2.05) is 30.3 Å². The number of furan rings is 1. The number of para-hydroxylation sites is 1. The van der Waals surface area contributed by atoms with E-state index in [4.69, 9.17) is 8.83 Å². The van der Waals surface area contributed by atoms with Crippen LogP contribution >= 0.6 is 23.1 Å². The number of rotatable bonds is 7. The number of amides is 2. The lowest BCUT2D eigenvalue weighted by molar-refractivity contribution is -0.113. The van der Waals surface area contributed by atoms with Gasteiger partial charge >= 0.3 is 0 Å². The lowest BCUT2D eigenvalue weighted by Gasteiger charge is -2.13. The number of carbonyl (C=O) groups excluding carboxylic acids is 2. The van der Waals surface area contributed by atoms with E-state index >= 15 is 0 Å². The fourth-order valence-electron chi connectivity index (χ4n) is 3.67. The molecule has 0 saturated heterocycles. The molecule has 10 heteroatoms. The number of thioether (sulfide) groups is 1. The quantitative estimate of drug-likeness (QED) is 0.348. The SMILES string of the molecule is O=C(CSc1nnc(-c2ccco2)o1)Nc1sc2c(c1C(=O)Nc1ccccc1)CCCC2. The van der Waals surface area contributed by atoms with Crippen molar-refractivity contribution in [1.82, 2.24) is 10.2 Å². The Morgan fingerprint density at radius 2 is 1.88 bits per heavy atom. The molecule has 5 rings (SSSR count). The van der Waals surface area contributed by atoms with Gasteiger partial charge in [-0.15, -0.1) is 21.5 Å². The van der Waals surface area contributed by atoms with Crippen LogP contribution < -0.4 is 10.6 Å². The Morgan fingerprint density at radius 1 is 1.03 bits per heavy atom. The zero-order valence-corrected chi connectivity index (χ0v) is 19.1. The molecule has 2 N–H and O–H groups in total. The molecule has 1 aliphatic rings. The van der Waals surface area contributed by atoms with E-state index in [9.17, 15) is 9.59 Å². The summed E-state index contributed by atoms with van der Waals surface area (Å²) in [5, 5.41) is 14.6. The Kier molecular flexibility index (Phi) is 6.27. The molecule has 0 saturated carbocycles. The van der Waals surface area contributed by atoms with E-state index < -0.39 is 0 Å². The first-order chi connectivity index (χ1) is 16.2.